The van der Waals surface area contributed by atoms with Crippen LogP contribution in [0.5, 0.6) is 5.88 Å². The third kappa shape index (κ3) is 7.41. The lowest BCUT2D eigenvalue weighted by atomic mass is 10.1. The summed E-state index contributed by atoms with van der Waals surface area (Å²) in [6, 6.07) is 7.80. The van der Waals surface area contributed by atoms with Gasteiger partial charge in [0.1, 0.15) is 22.9 Å². The fraction of sp³-hybridized carbons (Fsp3) is 0.273. The van der Waals surface area contributed by atoms with Crippen LogP contribution in [-0.2, 0) is 4.74 Å². The van der Waals surface area contributed by atoms with E-state index in [0.717, 1.165) is 6.07 Å². The van der Waals surface area contributed by atoms with E-state index in [1.54, 1.807) is 20.8 Å². The minimum absolute atomic E-state index is 0.0338. The number of ether oxygens (including phenoxy) is 2. The van der Waals surface area contributed by atoms with E-state index in [4.69, 9.17) is 16.3 Å². The predicted octanol–water partition coefficient (Wildman–Crippen LogP) is 6.36. The summed E-state index contributed by atoms with van der Waals surface area (Å²) >= 11 is 5.93. The molecule has 8 nitrogen and oxygen atoms in total. The molecule has 2 heterocycles. The van der Waals surface area contributed by atoms with E-state index in [1.807, 2.05) is 0 Å². The maximum absolute atomic E-state index is 14.3. The Bertz CT molecular complexity index is 1210. The van der Waals surface area contributed by atoms with Gasteiger partial charge in [-0.05, 0) is 51.1 Å². The Morgan fingerprint density at radius 1 is 1.09 bits per heavy atom. The number of hydrogen-bond donors (Lipinski definition) is 2. The topological polar surface area (TPSA) is 98.3 Å². The highest BCUT2D eigenvalue weighted by Crippen LogP contribution is 2.33. The summed E-state index contributed by atoms with van der Waals surface area (Å²) in [4.78, 5) is 16.0. The van der Waals surface area contributed by atoms with E-state index in [9.17, 15) is 22.4 Å². The van der Waals surface area contributed by atoms with Gasteiger partial charge in [0.15, 0.2) is 0 Å². The van der Waals surface area contributed by atoms with Crippen molar-refractivity contribution in [2.75, 3.05) is 10.6 Å². The lowest BCUT2D eigenvalue weighted by Crippen LogP contribution is -2.27. The number of carbonyl (C=O) groups excluding carboxylic acids is 1. The summed E-state index contributed by atoms with van der Waals surface area (Å²) in [5.41, 5.74) is -0.657. The Hall–Kier alpha value is -3.67. The van der Waals surface area contributed by atoms with Crippen molar-refractivity contribution in [2.24, 2.45) is 0 Å². The number of pyridine rings is 1. The SMILES string of the molecule is CC(C)(C)OC(=O)Nc1cc(Nc2cc(-c3cc(Cl)ccc3F)nnc2OC(F)C(F)F)ccn1. The second kappa shape index (κ2) is 10.7. The Kier molecular flexibility index (Phi) is 7.95. The molecule has 0 bridgehead atoms. The van der Waals surface area contributed by atoms with Crippen LogP contribution in [0.15, 0.2) is 42.6 Å². The van der Waals surface area contributed by atoms with Crippen LogP contribution >= 0.6 is 11.6 Å². The summed E-state index contributed by atoms with van der Waals surface area (Å²) in [5, 5.41) is 12.8. The number of hydrogen-bond acceptors (Lipinski definition) is 7. The largest absolute Gasteiger partial charge is 0.444 e. The standard InChI is InChI=1S/C22H20ClF4N5O3/c1-22(2,3)35-21(33)30-17-9-12(6-7-28-17)29-16-10-15(13-8-11(23)4-5-14(13)24)31-32-20(16)34-19(27)18(25)26/h4-10,18-19H,1-3H3,(H2,28,29,30,31,33). The Morgan fingerprint density at radius 2 is 1.83 bits per heavy atom. The molecule has 3 rings (SSSR count). The van der Waals surface area contributed by atoms with Gasteiger partial charge in [0.2, 0.25) is 0 Å². The van der Waals surface area contributed by atoms with Crippen molar-refractivity contribution in [3.63, 3.8) is 0 Å². The maximum Gasteiger partial charge on any atom is 0.413 e. The number of nitrogens with zero attached hydrogens (tertiary/aromatic N) is 3. The Balaban J connectivity index is 1.94. The molecule has 0 saturated carbocycles. The highest BCUT2D eigenvalue weighted by molar-refractivity contribution is 6.30. The highest BCUT2D eigenvalue weighted by Gasteiger charge is 2.24. The molecule has 2 aromatic heterocycles. The number of amides is 1. The average Bonchev–Trinajstić information content (AvgIpc) is 2.75. The number of alkyl halides is 3. The van der Waals surface area contributed by atoms with Gasteiger partial charge in [-0.2, -0.15) is 4.39 Å². The summed E-state index contributed by atoms with van der Waals surface area (Å²) < 4.78 is 63.1. The van der Waals surface area contributed by atoms with Crippen molar-refractivity contribution in [1.82, 2.24) is 15.2 Å². The third-order valence-corrected chi connectivity index (χ3v) is 4.29. The van der Waals surface area contributed by atoms with Crippen molar-refractivity contribution in [3.05, 3.63) is 53.4 Å². The van der Waals surface area contributed by atoms with Gasteiger partial charge in [-0.15, -0.1) is 10.2 Å². The molecule has 0 aliphatic carbocycles. The van der Waals surface area contributed by atoms with Crippen LogP contribution in [0.3, 0.4) is 0 Å². The molecule has 0 aliphatic rings. The molecule has 0 radical (unpaired) electrons. The normalized spacial score (nSPS) is 12.3. The van der Waals surface area contributed by atoms with Gasteiger partial charge < -0.3 is 14.8 Å². The maximum atomic E-state index is 14.3. The minimum atomic E-state index is -3.44. The van der Waals surface area contributed by atoms with Crippen LogP contribution in [-0.4, -0.2) is 39.7 Å². The summed E-state index contributed by atoms with van der Waals surface area (Å²) in [7, 11) is 0. The molecule has 35 heavy (non-hydrogen) atoms. The van der Waals surface area contributed by atoms with Gasteiger partial charge >= 0.3 is 12.5 Å². The zero-order valence-electron chi connectivity index (χ0n) is 18.7. The number of benzene rings is 1. The predicted molar refractivity (Wildman–Crippen MR) is 121 cm³/mol. The van der Waals surface area contributed by atoms with Crippen molar-refractivity contribution in [2.45, 2.75) is 39.2 Å². The van der Waals surface area contributed by atoms with Gasteiger partial charge in [-0.3, -0.25) is 5.32 Å². The lowest BCUT2D eigenvalue weighted by Gasteiger charge is -2.19. The van der Waals surface area contributed by atoms with E-state index in [2.05, 4.69) is 30.6 Å². The first-order valence-electron chi connectivity index (χ1n) is 10.1. The molecule has 186 valence electrons. The highest BCUT2D eigenvalue weighted by atomic mass is 35.5. The Labute approximate surface area is 202 Å². The second-order valence-corrected chi connectivity index (χ2v) is 8.49. The van der Waals surface area contributed by atoms with Crippen molar-refractivity contribution < 1.29 is 31.8 Å². The number of anilines is 3. The van der Waals surface area contributed by atoms with Crippen molar-refractivity contribution >= 4 is 34.9 Å². The molecule has 1 atom stereocenters. The summed E-state index contributed by atoms with van der Waals surface area (Å²) in [6.07, 6.45) is -5.85. The number of nitrogens with one attached hydrogen (secondary N) is 2. The van der Waals surface area contributed by atoms with Gasteiger partial charge in [0.25, 0.3) is 12.2 Å². The first-order chi connectivity index (χ1) is 16.4. The molecule has 13 heteroatoms. The number of rotatable bonds is 7. The van der Waals surface area contributed by atoms with E-state index in [1.165, 1.54) is 36.5 Å². The fourth-order valence-electron chi connectivity index (χ4n) is 2.68. The van der Waals surface area contributed by atoms with Gasteiger partial charge in [-0.25, -0.2) is 22.9 Å². The molecular weight excluding hydrogens is 494 g/mol. The molecule has 1 unspecified atom stereocenters. The van der Waals surface area contributed by atoms with Gasteiger partial charge in [0.05, 0.1) is 5.69 Å². The van der Waals surface area contributed by atoms with Crippen LogP contribution in [0.1, 0.15) is 20.8 Å². The van der Waals surface area contributed by atoms with Crippen LogP contribution in [0.2, 0.25) is 5.02 Å². The molecule has 1 amide bonds. The fourth-order valence-corrected chi connectivity index (χ4v) is 2.85. The molecule has 0 saturated heterocycles. The van der Waals surface area contributed by atoms with Gasteiger partial charge in [-0.1, -0.05) is 11.6 Å². The van der Waals surface area contributed by atoms with Crippen LogP contribution in [0.4, 0.5) is 39.5 Å². The summed E-state index contributed by atoms with van der Waals surface area (Å²) in [6.45, 7) is 5.06. The van der Waals surface area contributed by atoms with Crippen molar-refractivity contribution in [1.29, 1.82) is 0 Å². The van der Waals surface area contributed by atoms with E-state index >= 15 is 0 Å². The van der Waals surface area contributed by atoms with Gasteiger partial charge in [0, 0.05) is 28.5 Å². The van der Waals surface area contributed by atoms with Crippen LogP contribution in [0.25, 0.3) is 11.3 Å². The molecule has 2 N–H and O–H groups in total. The molecule has 0 fully saturated rings. The molecule has 3 aromatic rings. The zero-order valence-corrected chi connectivity index (χ0v) is 19.4. The van der Waals surface area contributed by atoms with Crippen LogP contribution < -0.4 is 15.4 Å². The minimum Gasteiger partial charge on any atom is -0.444 e. The number of carbonyl (C=O) groups is 1. The smallest absolute Gasteiger partial charge is 0.413 e. The monoisotopic (exact) mass is 513 g/mol. The third-order valence-electron chi connectivity index (χ3n) is 4.05. The quantitative estimate of drug-likeness (QED) is 0.355. The molecule has 0 spiro atoms. The lowest BCUT2D eigenvalue weighted by molar-refractivity contribution is -0.0690. The van der Waals surface area contributed by atoms with E-state index in [-0.39, 0.29) is 33.5 Å². The zero-order chi connectivity index (χ0) is 25.8. The average molecular weight is 514 g/mol. The second-order valence-electron chi connectivity index (χ2n) is 8.06. The molecule has 0 aliphatic heterocycles. The van der Waals surface area contributed by atoms with Crippen LogP contribution in [0, 0.1) is 5.82 Å². The van der Waals surface area contributed by atoms with E-state index in [0.29, 0.717) is 0 Å². The summed E-state index contributed by atoms with van der Waals surface area (Å²) in [5.74, 6) is -1.19. The first-order valence-corrected chi connectivity index (χ1v) is 10.4. The Morgan fingerprint density at radius 3 is 2.51 bits per heavy atom. The number of halogens is 5. The molecular formula is C22H20ClF4N5O3. The first kappa shape index (κ1) is 25.9. The molecule has 1 aromatic carbocycles. The van der Waals surface area contributed by atoms with E-state index < -0.39 is 36.2 Å². The number of aromatic nitrogens is 3. The van der Waals surface area contributed by atoms with Crippen molar-refractivity contribution in [3.8, 4) is 17.1 Å².